The van der Waals surface area contributed by atoms with Crippen LogP contribution in [-0.4, -0.2) is 72.5 Å². The topological polar surface area (TPSA) is 181 Å². The highest BCUT2D eigenvalue weighted by atomic mass is 35.5. The van der Waals surface area contributed by atoms with Gasteiger partial charge in [-0.3, -0.25) is 4.79 Å². The van der Waals surface area contributed by atoms with E-state index in [0.717, 1.165) is 12.2 Å². The molecule has 0 saturated carbocycles. The molecular weight excluding hydrogens is 576 g/mol. The molecule has 0 radical (unpaired) electrons. The lowest BCUT2D eigenvalue weighted by atomic mass is 9.74. The number of nitrogens with two attached hydrogens (primary N) is 1. The molecule has 2 unspecified atom stereocenters. The highest BCUT2D eigenvalue weighted by Crippen LogP contribution is 2.53. The molecular formula is C28H31ClN2O11. The molecule has 1 aromatic carbocycles. The van der Waals surface area contributed by atoms with Crippen LogP contribution in [0.3, 0.4) is 0 Å². The van der Waals surface area contributed by atoms with E-state index in [1.807, 2.05) is 0 Å². The van der Waals surface area contributed by atoms with E-state index in [1.54, 1.807) is 13.0 Å². The fourth-order valence-corrected chi connectivity index (χ4v) is 5.50. The first-order chi connectivity index (χ1) is 20.0. The average Bonchev–Trinajstić information content (AvgIpc) is 2.94. The Balaban J connectivity index is 2.22. The van der Waals surface area contributed by atoms with Gasteiger partial charge in [0, 0.05) is 10.6 Å². The summed E-state index contributed by atoms with van der Waals surface area (Å²) in [6.07, 6.45) is -0.333. The van der Waals surface area contributed by atoms with Crippen molar-refractivity contribution in [1.82, 2.24) is 5.06 Å². The SMILES string of the molecule is CCOC(=O)C1=C(CCCCCN)N2OC(=O)CC3(O)CC(=O)OCC2=C(C(=O)OC)C1(c1ccccc1Cl)OC3=O. The predicted molar refractivity (Wildman–Crippen MR) is 143 cm³/mol. The maximum Gasteiger partial charge on any atom is 0.340 e. The van der Waals surface area contributed by atoms with Gasteiger partial charge in [0.2, 0.25) is 5.60 Å². The summed E-state index contributed by atoms with van der Waals surface area (Å²) in [5.74, 6) is -5.89. The Morgan fingerprint density at radius 2 is 1.79 bits per heavy atom. The molecule has 4 bridgehead atoms. The molecule has 1 saturated heterocycles. The Morgan fingerprint density at radius 1 is 1.07 bits per heavy atom. The standard InChI is InChI=1S/C28H31ClN2O11/c1-3-39-25(35)22-18(11-5-4-8-12-30)31-19-15-40-20(32)13-27(37,14-21(33)42-31)26(36)41-28(22,23(19)24(34)38-2)16-9-6-7-10-17(16)29/h6-7,9-10,37H,3-5,8,11-15,30H2,1-2H3. The maximum atomic E-state index is 14.0. The van der Waals surface area contributed by atoms with Gasteiger partial charge in [0.15, 0.2) is 5.60 Å². The smallest absolute Gasteiger partial charge is 0.340 e. The molecule has 13 nitrogen and oxygen atoms in total. The number of nitrogens with zero attached hydrogens (tertiary/aromatic N) is 1. The highest BCUT2D eigenvalue weighted by molar-refractivity contribution is 6.31. The number of fused-ring (bicyclic) bond motifs is 3. The number of ether oxygens (including phenoxy) is 4. The number of hydrogen-bond acceptors (Lipinski definition) is 13. The van der Waals surface area contributed by atoms with Crippen molar-refractivity contribution in [3.05, 3.63) is 57.4 Å². The molecule has 0 amide bonds. The van der Waals surface area contributed by atoms with Gasteiger partial charge in [-0.2, -0.15) is 5.06 Å². The molecule has 0 aliphatic carbocycles. The summed E-state index contributed by atoms with van der Waals surface area (Å²) in [7, 11) is 1.04. The number of methoxy groups -OCH3 is 1. The summed E-state index contributed by atoms with van der Waals surface area (Å²) in [4.78, 5) is 73.1. The van der Waals surface area contributed by atoms with Gasteiger partial charge in [-0.15, -0.1) is 0 Å². The second-order valence-electron chi connectivity index (χ2n) is 9.81. The second kappa shape index (κ2) is 12.5. The number of carbonyl (C=O) groups excluding carboxylic acids is 5. The molecule has 226 valence electrons. The molecule has 1 fully saturated rings. The van der Waals surface area contributed by atoms with Crippen LogP contribution in [0.1, 0.15) is 51.0 Å². The summed E-state index contributed by atoms with van der Waals surface area (Å²) >= 11 is 6.67. The second-order valence-corrected chi connectivity index (χ2v) is 10.2. The summed E-state index contributed by atoms with van der Waals surface area (Å²) in [5.41, 5.74) is -0.931. The van der Waals surface area contributed by atoms with E-state index in [4.69, 9.17) is 41.1 Å². The summed E-state index contributed by atoms with van der Waals surface area (Å²) in [6.45, 7) is 1.13. The molecule has 5 heterocycles. The lowest BCUT2D eigenvalue weighted by Gasteiger charge is -2.47. The number of benzene rings is 1. The van der Waals surface area contributed by atoms with Gasteiger partial charge in [-0.25, -0.2) is 19.2 Å². The Bertz CT molecular complexity index is 1370. The summed E-state index contributed by atoms with van der Waals surface area (Å²) in [5, 5.41) is 12.2. The third-order valence-electron chi connectivity index (χ3n) is 7.07. The molecule has 5 aliphatic heterocycles. The van der Waals surface area contributed by atoms with Crippen LogP contribution in [0.15, 0.2) is 46.8 Å². The summed E-state index contributed by atoms with van der Waals surface area (Å²) in [6, 6.07) is 5.98. The van der Waals surface area contributed by atoms with Crippen molar-refractivity contribution in [3.8, 4) is 0 Å². The lowest BCUT2D eigenvalue weighted by Crippen LogP contribution is -2.57. The van der Waals surface area contributed by atoms with Gasteiger partial charge in [0.1, 0.15) is 23.5 Å². The van der Waals surface area contributed by atoms with Gasteiger partial charge in [0.25, 0.3) is 0 Å². The molecule has 1 aromatic rings. The summed E-state index contributed by atoms with van der Waals surface area (Å²) < 4.78 is 21.9. The van der Waals surface area contributed by atoms with Crippen LogP contribution < -0.4 is 5.73 Å². The first kappa shape index (κ1) is 31.0. The van der Waals surface area contributed by atoms with Crippen LogP contribution in [0.2, 0.25) is 5.02 Å². The van der Waals surface area contributed by atoms with Crippen molar-refractivity contribution < 1.29 is 52.9 Å². The average molecular weight is 607 g/mol. The largest absolute Gasteiger partial charge is 0.465 e. The number of allylic oxidation sites excluding steroid dienone is 1. The zero-order valence-electron chi connectivity index (χ0n) is 23.1. The van der Waals surface area contributed by atoms with Crippen molar-refractivity contribution in [2.45, 2.75) is 56.7 Å². The molecule has 0 spiro atoms. The number of hydroxylamine groups is 2. The zero-order chi connectivity index (χ0) is 30.7. The third-order valence-corrected chi connectivity index (χ3v) is 7.40. The molecule has 0 aromatic heterocycles. The zero-order valence-corrected chi connectivity index (χ0v) is 23.9. The number of carbonyl (C=O) groups is 5. The van der Waals surface area contributed by atoms with Crippen LogP contribution in [0.25, 0.3) is 0 Å². The molecule has 2 atom stereocenters. The van der Waals surface area contributed by atoms with E-state index in [9.17, 15) is 29.1 Å². The van der Waals surface area contributed by atoms with E-state index in [1.165, 1.54) is 18.2 Å². The van der Waals surface area contributed by atoms with Crippen molar-refractivity contribution in [1.29, 1.82) is 0 Å². The Hall–Kier alpha value is -3.94. The number of aliphatic hydroxyl groups is 1. The van der Waals surface area contributed by atoms with Gasteiger partial charge >= 0.3 is 29.8 Å². The third kappa shape index (κ3) is 5.46. The van der Waals surface area contributed by atoms with Gasteiger partial charge in [-0.05, 0) is 38.8 Å². The van der Waals surface area contributed by atoms with Crippen LogP contribution in [0, 0.1) is 0 Å². The minimum absolute atomic E-state index is 0.0174. The number of rotatable bonds is 9. The monoisotopic (exact) mass is 606 g/mol. The van der Waals surface area contributed by atoms with Crippen LogP contribution in [-0.2, 0) is 53.4 Å². The first-order valence-corrected chi connectivity index (χ1v) is 13.7. The van der Waals surface area contributed by atoms with E-state index >= 15 is 0 Å². The molecule has 6 rings (SSSR count). The Morgan fingerprint density at radius 3 is 2.45 bits per heavy atom. The van der Waals surface area contributed by atoms with E-state index in [-0.39, 0.29) is 35.0 Å². The van der Waals surface area contributed by atoms with E-state index < -0.39 is 71.6 Å². The quantitative estimate of drug-likeness (QED) is 0.236. The van der Waals surface area contributed by atoms with E-state index in [2.05, 4.69) is 0 Å². The van der Waals surface area contributed by atoms with Gasteiger partial charge < -0.3 is 34.6 Å². The lowest BCUT2D eigenvalue weighted by molar-refractivity contribution is -0.207. The molecule has 5 aliphatic rings. The highest BCUT2D eigenvalue weighted by Gasteiger charge is 2.62. The first-order valence-electron chi connectivity index (χ1n) is 13.3. The van der Waals surface area contributed by atoms with Crippen molar-refractivity contribution in [3.63, 3.8) is 0 Å². The predicted octanol–water partition coefficient (Wildman–Crippen LogP) is 1.70. The molecule has 14 heteroatoms. The molecule has 42 heavy (non-hydrogen) atoms. The van der Waals surface area contributed by atoms with Crippen molar-refractivity contribution >= 4 is 41.4 Å². The fraction of sp³-hybridized carbons (Fsp3) is 0.464. The molecule has 3 N–H and O–H groups in total. The van der Waals surface area contributed by atoms with Gasteiger partial charge in [0.05, 0.1) is 32.3 Å². The number of unbranched alkanes of at least 4 members (excludes halogenated alkanes) is 2. The fourth-order valence-electron chi connectivity index (χ4n) is 5.23. The van der Waals surface area contributed by atoms with Gasteiger partial charge in [-0.1, -0.05) is 36.2 Å². The van der Waals surface area contributed by atoms with E-state index in [0.29, 0.717) is 25.8 Å². The van der Waals surface area contributed by atoms with Crippen LogP contribution in [0.4, 0.5) is 0 Å². The van der Waals surface area contributed by atoms with Crippen molar-refractivity contribution in [2.24, 2.45) is 5.73 Å². The maximum absolute atomic E-state index is 14.0. The van der Waals surface area contributed by atoms with Crippen LogP contribution in [0.5, 0.6) is 0 Å². The normalized spacial score (nSPS) is 24.0. The Kier molecular flexibility index (Phi) is 9.24. The van der Waals surface area contributed by atoms with Crippen LogP contribution >= 0.6 is 11.6 Å². The minimum Gasteiger partial charge on any atom is -0.465 e. The number of halogens is 1. The number of hydrogen-bond donors (Lipinski definition) is 2. The minimum atomic E-state index is -2.80. The Labute approximate surface area is 246 Å². The van der Waals surface area contributed by atoms with Crippen molar-refractivity contribution in [2.75, 3.05) is 26.9 Å². The number of esters is 4.